The highest BCUT2D eigenvalue weighted by atomic mass is 19.1. The molecule has 1 aliphatic heterocycles. The molecule has 3 rings (SSSR count). The van der Waals surface area contributed by atoms with E-state index in [1.165, 1.54) is 23.2 Å². The molecule has 1 atom stereocenters. The summed E-state index contributed by atoms with van der Waals surface area (Å²) in [5.74, 6) is -0.706. The van der Waals surface area contributed by atoms with Crippen LogP contribution >= 0.6 is 0 Å². The van der Waals surface area contributed by atoms with Crippen molar-refractivity contribution in [3.05, 3.63) is 46.9 Å². The van der Waals surface area contributed by atoms with Crippen LogP contribution in [0.15, 0.2) is 35.7 Å². The minimum Gasteiger partial charge on any atom is -0.442 e. The van der Waals surface area contributed by atoms with Crippen molar-refractivity contribution in [3.8, 4) is 0 Å². The van der Waals surface area contributed by atoms with Gasteiger partial charge in [0.25, 0.3) is 0 Å². The van der Waals surface area contributed by atoms with E-state index in [2.05, 4.69) is 20.3 Å². The van der Waals surface area contributed by atoms with Crippen LogP contribution in [0.3, 0.4) is 0 Å². The molecule has 22 heavy (non-hydrogen) atoms. The SMILES string of the molecule is [N-]=[N+]=Nc1ccc(N2CC(Cn3ccnn3)OC2=O)cc1F. The molecule has 1 aliphatic rings. The maximum Gasteiger partial charge on any atom is 0.414 e. The van der Waals surface area contributed by atoms with E-state index < -0.39 is 18.0 Å². The van der Waals surface area contributed by atoms with Crippen molar-refractivity contribution in [1.82, 2.24) is 15.0 Å². The number of benzene rings is 1. The van der Waals surface area contributed by atoms with Crippen molar-refractivity contribution >= 4 is 17.5 Å². The molecule has 0 radical (unpaired) electrons. The van der Waals surface area contributed by atoms with Gasteiger partial charge in [0.2, 0.25) is 0 Å². The normalized spacial score (nSPS) is 17.2. The molecular formula is C12H10FN7O2. The number of azide groups is 1. The molecule has 0 N–H and O–H groups in total. The van der Waals surface area contributed by atoms with Crippen molar-refractivity contribution in [3.63, 3.8) is 0 Å². The van der Waals surface area contributed by atoms with Crippen molar-refractivity contribution in [2.45, 2.75) is 12.6 Å². The van der Waals surface area contributed by atoms with Gasteiger partial charge in [-0.2, -0.15) is 0 Å². The van der Waals surface area contributed by atoms with Gasteiger partial charge in [0.05, 0.1) is 30.7 Å². The third kappa shape index (κ3) is 2.67. The molecule has 0 spiro atoms. The first-order valence-corrected chi connectivity index (χ1v) is 6.34. The zero-order chi connectivity index (χ0) is 15.5. The van der Waals surface area contributed by atoms with Crippen LogP contribution in [0, 0.1) is 5.82 Å². The van der Waals surface area contributed by atoms with Gasteiger partial charge in [-0.3, -0.25) is 4.90 Å². The number of anilines is 1. The number of ether oxygens (including phenoxy) is 1. The van der Waals surface area contributed by atoms with Gasteiger partial charge >= 0.3 is 6.09 Å². The van der Waals surface area contributed by atoms with Gasteiger partial charge in [-0.1, -0.05) is 10.3 Å². The molecule has 0 aliphatic carbocycles. The minimum absolute atomic E-state index is 0.127. The summed E-state index contributed by atoms with van der Waals surface area (Å²) < 4.78 is 20.5. The third-order valence-corrected chi connectivity index (χ3v) is 3.13. The molecule has 1 unspecified atom stereocenters. The molecule has 0 saturated carbocycles. The second-order valence-corrected chi connectivity index (χ2v) is 4.57. The fourth-order valence-corrected chi connectivity index (χ4v) is 2.16. The van der Waals surface area contributed by atoms with Crippen LogP contribution in [0.25, 0.3) is 10.4 Å². The Bertz CT molecular complexity index is 742. The molecule has 112 valence electrons. The number of nitrogens with zero attached hydrogens (tertiary/aromatic N) is 7. The molecular weight excluding hydrogens is 293 g/mol. The molecule has 1 amide bonds. The van der Waals surface area contributed by atoms with Crippen molar-refractivity contribution < 1.29 is 13.9 Å². The summed E-state index contributed by atoms with van der Waals surface area (Å²) in [6.07, 6.45) is 2.21. The summed E-state index contributed by atoms with van der Waals surface area (Å²) in [5.41, 5.74) is 8.52. The average molecular weight is 303 g/mol. The Kier molecular flexibility index (Phi) is 3.58. The predicted molar refractivity (Wildman–Crippen MR) is 72.8 cm³/mol. The Morgan fingerprint density at radius 2 is 2.41 bits per heavy atom. The Morgan fingerprint density at radius 1 is 1.55 bits per heavy atom. The molecule has 1 aromatic heterocycles. The van der Waals surface area contributed by atoms with E-state index in [1.54, 1.807) is 10.9 Å². The number of hydrogen-bond donors (Lipinski definition) is 0. The second-order valence-electron chi connectivity index (χ2n) is 4.57. The maximum atomic E-state index is 13.8. The van der Waals surface area contributed by atoms with Gasteiger partial charge in [-0.25, -0.2) is 13.9 Å². The summed E-state index contributed by atoms with van der Waals surface area (Å²) in [6, 6.07) is 3.93. The van der Waals surface area contributed by atoms with E-state index >= 15 is 0 Å². The summed E-state index contributed by atoms with van der Waals surface area (Å²) in [5, 5.41) is 10.7. The first-order valence-electron chi connectivity index (χ1n) is 6.34. The van der Waals surface area contributed by atoms with E-state index in [-0.39, 0.29) is 12.2 Å². The Morgan fingerprint density at radius 3 is 3.09 bits per heavy atom. The van der Waals surface area contributed by atoms with Crippen LogP contribution in [-0.2, 0) is 11.3 Å². The molecule has 2 aromatic rings. The average Bonchev–Trinajstić information content (AvgIpc) is 3.12. The van der Waals surface area contributed by atoms with Gasteiger partial charge < -0.3 is 4.74 Å². The minimum atomic E-state index is -0.706. The maximum absolute atomic E-state index is 13.8. The van der Waals surface area contributed by atoms with E-state index in [1.807, 2.05) is 0 Å². The molecule has 2 heterocycles. The summed E-state index contributed by atoms with van der Waals surface area (Å²) in [4.78, 5) is 15.7. The monoisotopic (exact) mass is 303 g/mol. The van der Waals surface area contributed by atoms with Crippen molar-refractivity contribution in [2.75, 3.05) is 11.4 Å². The Balaban J connectivity index is 1.76. The molecule has 0 bridgehead atoms. The standard InChI is InChI=1S/C12H10FN7O2/c13-10-5-8(1-2-11(10)16-17-14)20-7-9(22-12(20)21)6-19-4-3-15-18-19/h1-5,9H,6-7H2. The summed E-state index contributed by atoms with van der Waals surface area (Å²) >= 11 is 0. The zero-order valence-corrected chi connectivity index (χ0v) is 11.2. The Hall–Kier alpha value is -3.13. The van der Waals surface area contributed by atoms with E-state index in [9.17, 15) is 9.18 Å². The number of carbonyl (C=O) groups excluding carboxylic acids is 1. The molecule has 10 heteroatoms. The number of amides is 1. The van der Waals surface area contributed by atoms with Gasteiger partial charge in [-0.15, -0.1) is 5.10 Å². The highest BCUT2D eigenvalue weighted by Gasteiger charge is 2.33. The molecule has 1 saturated heterocycles. The fourth-order valence-electron chi connectivity index (χ4n) is 2.16. The quantitative estimate of drug-likeness (QED) is 0.490. The highest BCUT2D eigenvalue weighted by Crippen LogP contribution is 2.27. The van der Waals surface area contributed by atoms with Crippen molar-refractivity contribution in [1.29, 1.82) is 0 Å². The van der Waals surface area contributed by atoms with Crippen LogP contribution in [0.1, 0.15) is 0 Å². The predicted octanol–water partition coefficient (Wildman–Crippen LogP) is 2.38. The lowest BCUT2D eigenvalue weighted by Gasteiger charge is -2.13. The second kappa shape index (κ2) is 5.70. The van der Waals surface area contributed by atoms with Crippen LogP contribution in [0.2, 0.25) is 0 Å². The number of carbonyl (C=O) groups is 1. The van der Waals surface area contributed by atoms with Crippen LogP contribution in [-0.4, -0.2) is 33.7 Å². The van der Waals surface area contributed by atoms with Gasteiger partial charge in [0.1, 0.15) is 11.9 Å². The van der Waals surface area contributed by atoms with Crippen LogP contribution in [0.5, 0.6) is 0 Å². The van der Waals surface area contributed by atoms with Crippen molar-refractivity contribution in [2.24, 2.45) is 5.11 Å². The fraction of sp³-hybridized carbons (Fsp3) is 0.250. The van der Waals surface area contributed by atoms with Gasteiger partial charge in [-0.05, 0) is 23.7 Å². The summed E-state index contributed by atoms with van der Waals surface area (Å²) in [6.45, 7) is 0.626. The largest absolute Gasteiger partial charge is 0.442 e. The van der Waals surface area contributed by atoms with E-state index in [4.69, 9.17) is 10.3 Å². The van der Waals surface area contributed by atoms with Gasteiger partial charge in [0, 0.05) is 11.1 Å². The van der Waals surface area contributed by atoms with E-state index in [0.717, 1.165) is 6.07 Å². The number of halogens is 1. The number of aromatic nitrogens is 3. The number of hydrogen-bond acceptors (Lipinski definition) is 5. The summed E-state index contributed by atoms with van der Waals surface area (Å²) in [7, 11) is 0. The lowest BCUT2D eigenvalue weighted by atomic mass is 10.2. The topological polar surface area (TPSA) is 109 Å². The smallest absolute Gasteiger partial charge is 0.414 e. The molecule has 9 nitrogen and oxygen atoms in total. The first-order chi connectivity index (χ1) is 10.7. The third-order valence-electron chi connectivity index (χ3n) is 3.13. The van der Waals surface area contributed by atoms with E-state index in [0.29, 0.717) is 12.2 Å². The molecule has 1 aromatic carbocycles. The Labute approximate surface area is 123 Å². The van der Waals surface area contributed by atoms with Crippen LogP contribution < -0.4 is 4.90 Å². The lowest BCUT2D eigenvalue weighted by molar-refractivity contribution is 0.129. The molecule has 1 fully saturated rings. The first kappa shape index (κ1) is 13.8. The van der Waals surface area contributed by atoms with Gasteiger partial charge in [0.15, 0.2) is 0 Å². The number of cyclic esters (lactones) is 1. The zero-order valence-electron chi connectivity index (χ0n) is 11.2. The van der Waals surface area contributed by atoms with Crippen LogP contribution in [0.4, 0.5) is 20.6 Å². The highest BCUT2D eigenvalue weighted by molar-refractivity contribution is 5.89. The lowest BCUT2D eigenvalue weighted by Crippen LogP contribution is -2.26. The number of rotatable bonds is 4.